The minimum Gasteiger partial charge on any atom is -0.365 e. The second-order valence-corrected chi connectivity index (χ2v) is 8.51. The van der Waals surface area contributed by atoms with E-state index in [2.05, 4.69) is 5.32 Å². The number of halogens is 1. The van der Waals surface area contributed by atoms with Gasteiger partial charge in [0.05, 0.1) is 5.56 Å². The Morgan fingerprint density at radius 2 is 1.88 bits per heavy atom. The minimum absolute atomic E-state index is 0.140. The highest BCUT2D eigenvalue weighted by atomic mass is 32.2. The van der Waals surface area contributed by atoms with Gasteiger partial charge in [-0.1, -0.05) is 6.42 Å². The summed E-state index contributed by atoms with van der Waals surface area (Å²) in [5.41, 5.74) is 7.10. The molecule has 1 heterocycles. The van der Waals surface area contributed by atoms with Crippen molar-refractivity contribution in [3.8, 4) is 0 Å². The third kappa shape index (κ3) is 4.65. The Hall–Kier alpha value is -1.86. The van der Waals surface area contributed by atoms with Crippen LogP contribution in [0.5, 0.6) is 0 Å². The van der Waals surface area contributed by atoms with E-state index in [-0.39, 0.29) is 11.7 Å². The van der Waals surface area contributed by atoms with Crippen LogP contribution in [0.2, 0.25) is 0 Å². The molecule has 0 aliphatic heterocycles. The van der Waals surface area contributed by atoms with E-state index in [0.717, 1.165) is 42.6 Å². The van der Waals surface area contributed by atoms with Gasteiger partial charge in [0.1, 0.15) is 10.8 Å². The van der Waals surface area contributed by atoms with Crippen molar-refractivity contribution in [3.05, 3.63) is 46.1 Å². The van der Waals surface area contributed by atoms with E-state index >= 15 is 0 Å². The Kier molecular flexibility index (Phi) is 6.32. The van der Waals surface area contributed by atoms with Crippen LogP contribution in [0.25, 0.3) is 0 Å². The molecule has 0 fully saturated rings. The van der Waals surface area contributed by atoms with Gasteiger partial charge < -0.3 is 11.1 Å². The van der Waals surface area contributed by atoms with Gasteiger partial charge in [-0.15, -0.1) is 23.1 Å². The molecule has 0 unspecified atom stereocenters. The van der Waals surface area contributed by atoms with Gasteiger partial charge >= 0.3 is 0 Å². The molecule has 0 radical (unpaired) electrons. The number of carbonyl (C=O) groups excluding carboxylic acids is 2. The van der Waals surface area contributed by atoms with Crippen molar-refractivity contribution in [1.82, 2.24) is 0 Å². The number of primary amides is 1. The lowest BCUT2D eigenvalue weighted by Crippen LogP contribution is -2.18. The number of rotatable bonds is 6. The van der Waals surface area contributed by atoms with Gasteiger partial charge in [0.2, 0.25) is 5.91 Å². The summed E-state index contributed by atoms with van der Waals surface area (Å²) in [5.74, 6) is -0.309. The van der Waals surface area contributed by atoms with Gasteiger partial charge in [-0.05, 0) is 55.5 Å². The van der Waals surface area contributed by atoms with E-state index in [4.69, 9.17) is 5.73 Å². The summed E-state index contributed by atoms with van der Waals surface area (Å²) in [5, 5.41) is 3.45. The molecule has 0 saturated carbocycles. The van der Waals surface area contributed by atoms with Crippen molar-refractivity contribution >= 4 is 39.9 Å². The molecule has 3 N–H and O–H groups in total. The summed E-state index contributed by atoms with van der Waals surface area (Å²) in [6, 6.07) is 6.19. The van der Waals surface area contributed by atoms with E-state index < -0.39 is 5.91 Å². The van der Waals surface area contributed by atoms with Crippen LogP contribution in [0.15, 0.2) is 29.2 Å². The average molecular weight is 393 g/mol. The molecule has 0 bridgehead atoms. The number of thioether (sulfide) groups is 1. The number of carbonyl (C=O) groups is 2. The number of nitrogens with one attached hydrogen (secondary N) is 1. The van der Waals surface area contributed by atoms with Crippen molar-refractivity contribution < 1.29 is 14.0 Å². The number of hydrogen-bond donors (Lipinski definition) is 2. The van der Waals surface area contributed by atoms with Gasteiger partial charge in [0.15, 0.2) is 0 Å². The second-order valence-electron chi connectivity index (χ2n) is 6.23. The monoisotopic (exact) mass is 392 g/mol. The van der Waals surface area contributed by atoms with Crippen LogP contribution in [0.4, 0.5) is 9.39 Å². The lowest BCUT2D eigenvalue weighted by molar-refractivity contribution is -0.115. The molecule has 7 heteroatoms. The number of hydrogen-bond acceptors (Lipinski definition) is 4. The lowest BCUT2D eigenvalue weighted by Gasteiger charge is -2.06. The zero-order valence-electron chi connectivity index (χ0n) is 14.3. The molecular formula is C19H21FN2O2S2. The zero-order valence-corrected chi connectivity index (χ0v) is 16.0. The third-order valence-corrected chi connectivity index (χ3v) is 6.55. The summed E-state index contributed by atoms with van der Waals surface area (Å²) in [7, 11) is 0. The lowest BCUT2D eigenvalue weighted by atomic mass is 10.1. The van der Waals surface area contributed by atoms with Crippen LogP contribution in [-0.2, 0) is 17.6 Å². The molecule has 0 spiro atoms. The first-order chi connectivity index (χ1) is 12.5. The molecular weight excluding hydrogens is 371 g/mol. The van der Waals surface area contributed by atoms with E-state index in [1.807, 2.05) is 0 Å². The summed E-state index contributed by atoms with van der Waals surface area (Å²) in [6.45, 7) is 0. The Bertz CT molecular complexity index is 803. The van der Waals surface area contributed by atoms with Crippen molar-refractivity contribution in [2.75, 3.05) is 11.1 Å². The molecule has 26 heavy (non-hydrogen) atoms. The average Bonchev–Trinajstić information content (AvgIpc) is 2.78. The molecule has 3 rings (SSSR count). The number of nitrogens with two attached hydrogens (primary N) is 1. The predicted octanol–water partition coefficient (Wildman–Crippen LogP) is 4.38. The van der Waals surface area contributed by atoms with Crippen molar-refractivity contribution in [3.63, 3.8) is 0 Å². The molecule has 1 aromatic heterocycles. The molecule has 4 nitrogen and oxygen atoms in total. The number of fused-ring (bicyclic) bond motifs is 1. The molecule has 2 amide bonds. The summed E-state index contributed by atoms with van der Waals surface area (Å²) in [4.78, 5) is 26.3. The minimum atomic E-state index is -0.472. The molecule has 0 saturated heterocycles. The Morgan fingerprint density at radius 3 is 2.62 bits per heavy atom. The van der Waals surface area contributed by atoms with Gasteiger partial charge in [-0.2, -0.15) is 0 Å². The van der Waals surface area contributed by atoms with Crippen LogP contribution in [-0.4, -0.2) is 17.6 Å². The Balaban J connectivity index is 1.61. The van der Waals surface area contributed by atoms with Gasteiger partial charge in [0, 0.05) is 21.9 Å². The third-order valence-electron chi connectivity index (χ3n) is 4.33. The van der Waals surface area contributed by atoms with Gasteiger partial charge in [-0.3, -0.25) is 9.59 Å². The van der Waals surface area contributed by atoms with Gasteiger partial charge in [-0.25, -0.2) is 4.39 Å². The Labute approximate surface area is 160 Å². The fourth-order valence-corrected chi connectivity index (χ4v) is 5.24. The Morgan fingerprint density at radius 1 is 1.15 bits per heavy atom. The number of amides is 2. The fourth-order valence-electron chi connectivity index (χ4n) is 3.07. The molecule has 0 atom stereocenters. The topological polar surface area (TPSA) is 72.2 Å². The van der Waals surface area contributed by atoms with E-state index in [0.29, 0.717) is 22.7 Å². The highest BCUT2D eigenvalue weighted by Crippen LogP contribution is 2.37. The summed E-state index contributed by atoms with van der Waals surface area (Å²) in [6.07, 6.45) is 5.40. The standard InChI is InChI=1S/C19H21FN2O2S2/c20-12-6-8-13(9-7-12)25-11-10-16(23)22-19-17(18(21)24)14-4-2-1-3-5-15(14)26-19/h6-9H,1-5,10-11H2,(H2,21,24)(H,22,23). The first-order valence-corrected chi connectivity index (χ1v) is 10.5. The predicted molar refractivity (Wildman–Crippen MR) is 104 cm³/mol. The van der Waals surface area contributed by atoms with Crippen LogP contribution in [0.1, 0.15) is 46.5 Å². The number of anilines is 1. The molecule has 138 valence electrons. The maximum absolute atomic E-state index is 12.9. The summed E-state index contributed by atoms with van der Waals surface area (Å²) >= 11 is 2.98. The highest BCUT2D eigenvalue weighted by Gasteiger charge is 2.24. The van der Waals surface area contributed by atoms with Crippen molar-refractivity contribution in [1.29, 1.82) is 0 Å². The quantitative estimate of drug-likeness (QED) is 0.566. The van der Waals surface area contributed by atoms with Gasteiger partial charge in [0.25, 0.3) is 5.91 Å². The smallest absolute Gasteiger partial charge is 0.251 e. The SMILES string of the molecule is NC(=O)c1c(NC(=O)CCSc2ccc(F)cc2)sc2c1CCCCC2. The highest BCUT2D eigenvalue weighted by molar-refractivity contribution is 7.99. The van der Waals surface area contributed by atoms with Crippen LogP contribution >= 0.6 is 23.1 Å². The number of aryl methyl sites for hydroxylation is 1. The largest absolute Gasteiger partial charge is 0.365 e. The van der Waals surface area contributed by atoms with Crippen LogP contribution < -0.4 is 11.1 Å². The maximum atomic E-state index is 12.9. The summed E-state index contributed by atoms with van der Waals surface area (Å²) < 4.78 is 12.9. The zero-order chi connectivity index (χ0) is 18.5. The number of thiophene rings is 1. The molecule has 2 aromatic rings. The molecule has 1 aliphatic rings. The molecule has 1 aromatic carbocycles. The van der Waals surface area contributed by atoms with Crippen molar-refractivity contribution in [2.45, 2.75) is 43.4 Å². The fraction of sp³-hybridized carbons (Fsp3) is 0.368. The second kappa shape index (κ2) is 8.68. The maximum Gasteiger partial charge on any atom is 0.251 e. The number of benzene rings is 1. The van der Waals surface area contributed by atoms with Crippen LogP contribution in [0.3, 0.4) is 0 Å². The van der Waals surface area contributed by atoms with E-state index in [1.165, 1.54) is 40.1 Å². The normalized spacial score (nSPS) is 13.7. The van der Waals surface area contributed by atoms with E-state index in [1.54, 1.807) is 12.1 Å². The first-order valence-electron chi connectivity index (χ1n) is 8.67. The van der Waals surface area contributed by atoms with E-state index in [9.17, 15) is 14.0 Å². The first kappa shape index (κ1) is 18.9. The van der Waals surface area contributed by atoms with Crippen LogP contribution in [0, 0.1) is 5.82 Å². The molecule has 1 aliphatic carbocycles. The van der Waals surface area contributed by atoms with Crippen molar-refractivity contribution in [2.24, 2.45) is 5.73 Å².